The summed E-state index contributed by atoms with van der Waals surface area (Å²) in [7, 11) is 1.64. The van der Waals surface area contributed by atoms with Crippen LogP contribution in [0, 0.1) is 5.82 Å². The minimum absolute atomic E-state index is 0.00606. The number of hydrogen-bond donors (Lipinski definition) is 1. The van der Waals surface area contributed by atoms with Gasteiger partial charge in [0.2, 0.25) is 5.91 Å². The average molecular weight is 365 g/mol. The minimum Gasteiger partial charge on any atom is -0.385 e. The van der Waals surface area contributed by atoms with Crippen molar-refractivity contribution in [2.24, 2.45) is 0 Å². The fourth-order valence-electron chi connectivity index (χ4n) is 3.07. The molecule has 1 aliphatic rings. The molecule has 1 fully saturated rings. The van der Waals surface area contributed by atoms with Gasteiger partial charge in [0, 0.05) is 52.0 Å². The zero-order chi connectivity index (χ0) is 19.1. The Balaban J connectivity index is 1.86. The van der Waals surface area contributed by atoms with Crippen LogP contribution in [-0.4, -0.2) is 69.1 Å². The second-order valence-corrected chi connectivity index (χ2v) is 6.56. The number of halogens is 1. The third-order valence-corrected chi connectivity index (χ3v) is 4.76. The molecule has 1 heterocycles. The van der Waals surface area contributed by atoms with Crippen LogP contribution < -0.4 is 10.2 Å². The number of nitrogens with one attached hydrogen (secondary N) is 1. The van der Waals surface area contributed by atoms with Gasteiger partial charge in [0.25, 0.3) is 0 Å². The standard InChI is InChI=1S/C19H28FN3O3/c1-14(19(25)21-7-4-12-26-3)22-8-10-23(11-9-22)18-6-5-16(15(2)24)13-17(18)20/h5-6,13-14H,4,7-12H2,1-3H3,(H,21,25). The molecule has 1 atom stereocenters. The molecule has 1 N–H and O–H groups in total. The van der Waals surface area contributed by atoms with Gasteiger partial charge in [0.15, 0.2) is 5.78 Å². The predicted octanol–water partition coefficient (Wildman–Crippen LogP) is 1.69. The number of hydrogen-bond acceptors (Lipinski definition) is 5. The lowest BCUT2D eigenvalue weighted by atomic mass is 10.1. The molecule has 0 saturated carbocycles. The highest BCUT2D eigenvalue weighted by atomic mass is 19.1. The van der Waals surface area contributed by atoms with Crippen molar-refractivity contribution < 1.29 is 18.7 Å². The first-order valence-electron chi connectivity index (χ1n) is 9.00. The van der Waals surface area contributed by atoms with E-state index in [1.54, 1.807) is 19.2 Å². The van der Waals surface area contributed by atoms with E-state index in [2.05, 4.69) is 10.2 Å². The van der Waals surface area contributed by atoms with Crippen LogP contribution in [0.2, 0.25) is 0 Å². The van der Waals surface area contributed by atoms with Gasteiger partial charge in [-0.1, -0.05) is 0 Å². The van der Waals surface area contributed by atoms with Gasteiger partial charge in [-0.05, 0) is 38.5 Å². The van der Waals surface area contributed by atoms with Crippen molar-refractivity contribution in [3.8, 4) is 0 Å². The largest absolute Gasteiger partial charge is 0.385 e. The van der Waals surface area contributed by atoms with E-state index >= 15 is 0 Å². The number of anilines is 1. The Bertz CT molecular complexity index is 630. The number of ether oxygens (including phenoxy) is 1. The fourth-order valence-corrected chi connectivity index (χ4v) is 3.07. The first-order valence-corrected chi connectivity index (χ1v) is 9.00. The van der Waals surface area contributed by atoms with Crippen LogP contribution in [0.25, 0.3) is 0 Å². The summed E-state index contributed by atoms with van der Waals surface area (Å²) in [6, 6.07) is 4.39. The fraction of sp³-hybridized carbons (Fsp3) is 0.579. The van der Waals surface area contributed by atoms with Gasteiger partial charge in [-0.25, -0.2) is 4.39 Å². The molecule has 0 aliphatic carbocycles. The lowest BCUT2D eigenvalue weighted by molar-refractivity contribution is -0.126. The number of carbonyl (C=O) groups is 2. The molecule has 0 bridgehead atoms. The molecule has 0 spiro atoms. The van der Waals surface area contributed by atoms with E-state index in [-0.39, 0.29) is 23.5 Å². The maximum atomic E-state index is 14.3. The maximum absolute atomic E-state index is 14.3. The summed E-state index contributed by atoms with van der Waals surface area (Å²) in [6.45, 7) is 7.18. The van der Waals surface area contributed by atoms with Crippen LogP contribution in [0.3, 0.4) is 0 Å². The predicted molar refractivity (Wildman–Crippen MR) is 99.2 cm³/mol. The Morgan fingerprint density at radius 1 is 1.27 bits per heavy atom. The number of rotatable bonds is 8. The summed E-state index contributed by atoms with van der Waals surface area (Å²) in [5.74, 6) is -0.521. The first kappa shape index (κ1) is 20.3. The molecule has 144 valence electrons. The molecule has 0 aromatic heterocycles. The molecule has 0 radical (unpaired) electrons. The van der Waals surface area contributed by atoms with Gasteiger partial charge < -0.3 is 15.0 Å². The molecule has 1 amide bonds. The molecular weight excluding hydrogens is 337 g/mol. The van der Waals surface area contributed by atoms with Crippen molar-refractivity contribution in [3.05, 3.63) is 29.6 Å². The molecule has 1 aromatic carbocycles. The summed E-state index contributed by atoms with van der Waals surface area (Å²) in [5.41, 5.74) is 0.884. The van der Waals surface area contributed by atoms with E-state index in [1.807, 2.05) is 11.8 Å². The Morgan fingerprint density at radius 2 is 1.96 bits per heavy atom. The SMILES string of the molecule is COCCCNC(=O)C(C)N1CCN(c2ccc(C(C)=O)cc2F)CC1. The average Bonchev–Trinajstić information content (AvgIpc) is 2.64. The number of ketones is 1. The van der Waals surface area contributed by atoms with Crippen molar-refractivity contribution in [1.29, 1.82) is 0 Å². The second-order valence-electron chi connectivity index (χ2n) is 6.56. The van der Waals surface area contributed by atoms with Gasteiger partial charge in [-0.2, -0.15) is 0 Å². The topological polar surface area (TPSA) is 61.9 Å². The van der Waals surface area contributed by atoms with Crippen LogP contribution in [0.15, 0.2) is 18.2 Å². The molecular formula is C19H28FN3O3. The lowest BCUT2D eigenvalue weighted by Crippen LogP contribution is -2.54. The van der Waals surface area contributed by atoms with E-state index in [0.717, 1.165) is 6.42 Å². The Labute approximate surface area is 154 Å². The van der Waals surface area contributed by atoms with E-state index in [4.69, 9.17) is 4.74 Å². The number of piperazine rings is 1. The summed E-state index contributed by atoms with van der Waals surface area (Å²) in [4.78, 5) is 27.6. The van der Waals surface area contributed by atoms with E-state index < -0.39 is 0 Å². The minimum atomic E-state index is -0.380. The highest BCUT2D eigenvalue weighted by Gasteiger charge is 2.26. The number of amides is 1. The van der Waals surface area contributed by atoms with Gasteiger partial charge >= 0.3 is 0 Å². The third kappa shape index (κ3) is 5.25. The van der Waals surface area contributed by atoms with Crippen LogP contribution >= 0.6 is 0 Å². The number of carbonyl (C=O) groups excluding carboxylic acids is 2. The van der Waals surface area contributed by atoms with Crippen molar-refractivity contribution in [2.75, 3.05) is 51.3 Å². The van der Waals surface area contributed by atoms with E-state index in [9.17, 15) is 14.0 Å². The van der Waals surface area contributed by atoms with Crippen LogP contribution in [0.1, 0.15) is 30.6 Å². The Kier molecular flexibility index (Phi) is 7.53. The Hall–Kier alpha value is -1.99. The number of benzene rings is 1. The summed E-state index contributed by atoms with van der Waals surface area (Å²) < 4.78 is 19.3. The van der Waals surface area contributed by atoms with Crippen LogP contribution in [0.4, 0.5) is 10.1 Å². The van der Waals surface area contributed by atoms with Crippen LogP contribution in [0.5, 0.6) is 0 Å². The van der Waals surface area contributed by atoms with Crippen molar-refractivity contribution >= 4 is 17.4 Å². The highest BCUT2D eigenvalue weighted by molar-refractivity contribution is 5.94. The number of Topliss-reactive ketones (excluding diaryl/α,β-unsaturated/α-hetero) is 1. The van der Waals surface area contributed by atoms with Crippen molar-refractivity contribution in [1.82, 2.24) is 10.2 Å². The lowest BCUT2D eigenvalue weighted by Gasteiger charge is -2.38. The first-order chi connectivity index (χ1) is 12.4. The maximum Gasteiger partial charge on any atom is 0.237 e. The van der Waals surface area contributed by atoms with Gasteiger partial charge in [-0.15, -0.1) is 0 Å². The summed E-state index contributed by atoms with van der Waals surface area (Å²) in [6.07, 6.45) is 0.790. The smallest absolute Gasteiger partial charge is 0.237 e. The summed E-state index contributed by atoms with van der Waals surface area (Å²) >= 11 is 0. The molecule has 7 heteroatoms. The number of methoxy groups -OCH3 is 1. The molecule has 26 heavy (non-hydrogen) atoms. The van der Waals surface area contributed by atoms with Crippen molar-refractivity contribution in [3.63, 3.8) is 0 Å². The Morgan fingerprint density at radius 3 is 2.54 bits per heavy atom. The quantitative estimate of drug-likeness (QED) is 0.561. The van der Waals surface area contributed by atoms with Crippen LogP contribution in [-0.2, 0) is 9.53 Å². The van der Waals surface area contributed by atoms with Gasteiger partial charge in [0.1, 0.15) is 5.82 Å². The summed E-state index contributed by atoms with van der Waals surface area (Å²) in [5, 5.41) is 2.92. The zero-order valence-corrected chi connectivity index (χ0v) is 15.8. The van der Waals surface area contributed by atoms with Gasteiger partial charge in [0.05, 0.1) is 11.7 Å². The molecule has 1 aliphatic heterocycles. The normalized spacial score (nSPS) is 16.4. The molecule has 1 unspecified atom stereocenters. The van der Waals surface area contributed by atoms with E-state index in [0.29, 0.717) is 50.6 Å². The monoisotopic (exact) mass is 365 g/mol. The number of nitrogens with zero attached hydrogens (tertiary/aromatic N) is 2. The molecule has 2 rings (SSSR count). The molecule has 1 saturated heterocycles. The third-order valence-electron chi connectivity index (χ3n) is 4.76. The molecule has 6 nitrogen and oxygen atoms in total. The molecule has 1 aromatic rings. The van der Waals surface area contributed by atoms with Crippen molar-refractivity contribution in [2.45, 2.75) is 26.3 Å². The zero-order valence-electron chi connectivity index (χ0n) is 15.8. The highest BCUT2D eigenvalue weighted by Crippen LogP contribution is 2.22. The van der Waals surface area contributed by atoms with E-state index in [1.165, 1.54) is 13.0 Å². The van der Waals surface area contributed by atoms with Gasteiger partial charge in [-0.3, -0.25) is 14.5 Å². The second kappa shape index (κ2) is 9.64.